The van der Waals surface area contributed by atoms with Gasteiger partial charge in [0.05, 0.1) is 9.79 Å². The summed E-state index contributed by atoms with van der Waals surface area (Å²) in [4.78, 5) is 0.192. The van der Waals surface area contributed by atoms with Crippen LogP contribution in [-0.2, 0) is 19.7 Å². The van der Waals surface area contributed by atoms with Gasteiger partial charge < -0.3 is 0 Å². The summed E-state index contributed by atoms with van der Waals surface area (Å²) >= 11 is 12.5. The maximum Gasteiger partial charge on any atom is 0.191 e. The van der Waals surface area contributed by atoms with Crippen molar-refractivity contribution >= 4 is 54.6 Å². The molecule has 25 heavy (non-hydrogen) atoms. The van der Waals surface area contributed by atoms with Crippen molar-refractivity contribution in [3.8, 4) is 0 Å². The van der Waals surface area contributed by atoms with E-state index < -0.39 is 28.8 Å². The van der Waals surface area contributed by atoms with E-state index in [1.165, 1.54) is 24.3 Å². The van der Waals surface area contributed by atoms with Gasteiger partial charge in [-0.1, -0.05) is 36.4 Å². The van der Waals surface area contributed by atoms with E-state index in [4.69, 9.17) is 23.2 Å². The quantitative estimate of drug-likeness (QED) is 0.586. The molecular formula is C16H16Cl2O4S3. The van der Waals surface area contributed by atoms with E-state index in [0.717, 1.165) is 11.8 Å². The van der Waals surface area contributed by atoms with E-state index in [9.17, 15) is 16.8 Å². The molecule has 2 unspecified atom stereocenters. The molecule has 2 atom stereocenters. The lowest BCUT2D eigenvalue weighted by molar-refractivity contribution is 0.595. The van der Waals surface area contributed by atoms with Gasteiger partial charge in [-0.2, -0.15) is 0 Å². The van der Waals surface area contributed by atoms with Crippen LogP contribution in [0.2, 0.25) is 0 Å². The Bertz CT molecular complexity index is 810. The molecule has 2 aromatic carbocycles. The standard InChI is InChI=1S/C16H16Cl2O4S3/c17-11-15(24(19,20)13-7-3-1-4-8-13)23-16(12-18)25(21,22)14-9-5-2-6-10-14/h1-10,15-16H,11-12H2. The minimum atomic E-state index is -3.79. The molecule has 0 saturated carbocycles. The van der Waals surface area contributed by atoms with E-state index in [0.29, 0.717) is 0 Å². The van der Waals surface area contributed by atoms with Gasteiger partial charge >= 0.3 is 0 Å². The average Bonchev–Trinajstić information content (AvgIpc) is 2.63. The Labute approximate surface area is 162 Å². The third-order valence-electron chi connectivity index (χ3n) is 3.39. The van der Waals surface area contributed by atoms with E-state index in [2.05, 4.69) is 0 Å². The van der Waals surface area contributed by atoms with Crippen molar-refractivity contribution in [2.45, 2.75) is 19.0 Å². The highest BCUT2D eigenvalue weighted by Crippen LogP contribution is 2.34. The molecule has 0 spiro atoms. The summed E-state index contributed by atoms with van der Waals surface area (Å²) in [6, 6.07) is 15.6. The second kappa shape index (κ2) is 8.77. The Morgan fingerprint density at radius 1 is 0.680 bits per heavy atom. The third kappa shape index (κ3) is 4.71. The van der Waals surface area contributed by atoms with Crippen molar-refractivity contribution in [2.24, 2.45) is 0 Å². The van der Waals surface area contributed by atoms with Crippen molar-refractivity contribution in [3.05, 3.63) is 60.7 Å². The van der Waals surface area contributed by atoms with E-state index in [1.54, 1.807) is 36.4 Å². The third-order valence-corrected chi connectivity index (χ3v) is 11.4. The fourth-order valence-electron chi connectivity index (χ4n) is 2.08. The van der Waals surface area contributed by atoms with Gasteiger partial charge in [-0.3, -0.25) is 0 Å². The predicted molar refractivity (Wildman–Crippen MR) is 104 cm³/mol. The number of rotatable bonds is 8. The summed E-state index contributed by atoms with van der Waals surface area (Å²) < 4.78 is 48.7. The normalized spacial score (nSPS) is 14.8. The molecule has 0 aliphatic carbocycles. The monoisotopic (exact) mass is 438 g/mol. The van der Waals surface area contributed by atoms with Gasteiger partial charge in [-0.05, 0) is 24.3 Å². The predicted octanol–water partition coefficient (Wildman–Crippen LogP) is 3.80. The molecule has 0 radical (unpaired) electrons. The van der Waals surface area contributed by atoms with Crippen LogP contribution < -0.4 is 0 Å². The van der Waals surface area contributed by atoms with Gasteiger partial charge in [0.15, 0.2) is 19.7 Å². The number of thioether (sulfide) groups is 1. The molecule has 0 fully saturated rings. The molecule has 136 valence electrons. The zero-order valence-electron chi connectivity index (χ0n) is 13.0. The lowest BCUT2D eigenvalue weighted by Gasteiger charge is -2.21. The summed E-state index contributed by atoms with van der Waals surface area (Å²) in [7, 11) is -7.58. The Hall–Kier alpha value is -0.730. The van der Waals surface area contributed by atoms with Crippen molar-refractivity contribution in [1.29, 1.82) is 0 Å². The number of halogens is 2. The van der Waals surface area contributed by atoms with Crippen LogP contribution in [0.3, 0.4) is 0 Å². The molecule has 2 rings (SSSR count). The molecule has 2 aromatic rings. The molecule has 0 heterocycles. The Morgan fingerprint density at radius 3 is 1.28 bits per heavy atom. The highest BCUT2D eigenvalue weighted by molar-refractivity contribution is 8.20. The van der Waals surface area contributed by atoms with Crippen LogP contribution in [0.1, 0.15) is 0 Å². The smallest absolute Gasteiger partial charge is 0.191 e. The highest BCUT2D eigenvalue weighted by atomic mass is 35.5. The largest absolute Gasteiger partial charge is 0.222 e. The second-order valence-electron chi connectivity index (χ2n) is 5.02. The minimum absolute atomic E-state index is 0.0959. The SMILES string of the molecule is O=S(=O)(c1ccccc1)C(CCl)SC(CCl)S(=O)(=O)c1ccccc1. The molecule has 0 aromatic heterocycles. The first-order valence-electron chi connectivity index (χ1n) is 7.19. The molecule has 0 saturated heterocycles. The fourth-order valence-corrected chi connectivity index (χ4v) is 8.86. The summed E-state index contributed by atoms with van der Waals surface area (Å²) in [5.41, 5.74) is 0. The molecule has 0 bridgehead atoms. The first kappa shape index (κ1) is 20.6. The summed E-state index contributed by atoms with van der Waals surface area (Å²) in [5, 5.41) is 0. The summed E-state index contributed by atoms with van der Waals surface area (Å²) in [6.45, 7) is 0. The van der Waals surface area contributed by atoms with E-state index >= 15 is 0 Å². The van der Waals surface area contributed by atoms with Gasteiger partial charge in [-0.15, -0.1) is 35.0 Å². The first-order valence-corrected chi connectivity index (χ1v) is 12.3. The number of hydrogen-bond donors (Lipinski definition) is 0. The van der Waals surface area contributed by atoms with Crippen LogP contribution in [-0.4, -0.2) is 37.8 Å². The van der Waals surface area contributed by atoms with Crippen LogP contribution in [0.5, 0.6) is 0 Å². The van der Waals surface area contributed by atoms with Crippen molar-refractivity contribution in [2.75, 3.05) is 11.8 Å². The number of alkyl halides is 2. The summed E-state index contributed by atoms with van der Waals surface area (Å²) in [5.74, 6) is -0.501. The second-order valence-corrected chi connectivity index (χ2v) is 11.9. The molecule has 0 amide bonds. The first-order chi connectivity index (χ1) is 11.8. The van der Waals surface area contributed by atoms with Gasteiger partial charge in [-0.25, -0.2) is 16.8 Å². The maximum absolute atomic E-state index is 12.7. The minimum Gasteiger partial charge on any atom is -0.222 e. The Kier molecular flexibility index (Phi) is 7.22. The van der Waals surface area contributed by atoms with Gasteiger partial charge in [0.25, 0.3) is 0 Å². The van der Waals surface area contributed by atoms with Crippen LogP contribution >= 0.6 is 35.0 Å². The number of benzene rings is 2. The van der Waals surface area contributed by atoms with Crippen molar-refractivity contribution in [1.82, 2.24) is 0 Å². The van der Waals surface area contributed by atoms with Crippen molar-refractivity contribution < 1.29 is 16.8 Å². The molecule has 0 aliphatic rings. The van der Waals surface area contributed by atoms with Gasteiger partial charge in [0.1, 0.15) is 9.16 Å². The molecule has 9 heteroatoms. The Balaban J connectivity index is 2.33. The molecule has 0 aliphatic heterocycles. The maximum atomic E-state index is 12.7. The average molecular weight is 439 g/mol. The van der Waals surface area contributed by atoms with Crippen molar-refractivity contribution in [3.63, 3.8) is 0 Å². The fraction of sp³-hybridized carbons (Fsp3) is 0.250. The molecule has 4 nitrogen and oxygen atoms in total. The topological polar surface area (TPSA) is 68.3 Å². The molecule has 0 N–H and O–H groups in total. The molecular weight excluding hydrogens is 423 g/mol. The zero-order chi connectivity index (χ0) is 18.5. The lowest BCUT2D eigenvalue weighted by Crippen LogP contribution is -2.28. The van der Waals surface area contributed by atoms with E-state index in [-0.39, 0.29) is 21.6 Å². The van der Waals surface area contributed by atoms with Crippen LogP contribution in [0.15, 0.2) is 70.5 Å². The highest BCUT2D eigenvalue weighted by Gasteiger charge is 2.35. The van der Waals surface area contributed by atoms with Crippen LogP contribution in [0.4, 0.5) is 0 Å². The Morgan fingerprint density at radius 2 is 1.00 bits per heavy atom. The van der Waals surface area contributed by atoms with Gasteiger partial charge in [0, 0.05) is 11.8 Å². The lowest BCUT2D eigenvalue weighted by atomic mass is 10.4. The van der Waals surface area contributed by atoms with Crippen LogP contribution in [0.25, 0.3) is 0 Å². The van der Waals surface area contributed by atoms with Gasteiger partial charge in [0.2, 0.25) is 0 Å². The van der Waals surface area contributed by atoms with Crippen LogP contribution in [0, 0.1) is 0 Å². The summed E-state index contributed by atoms with van der Waals surface area (Å²) in [6.07, 6.45) is 0. The van der Waals surface area contributed by atoms with E-state index in [1.807, 2.05) is 0 Å². The number of hydrogen-bond acceptors (Lipinski definition) is 5. The zero-order valence-corrected chi connectivity index (χ0v) is 16.9. The number of sulfone groups is 2.